The Morgan fingerprint density at radius 3 is 2.58 bits per heavy atom. The summed E-state index contributed by atoms with van der Waals surface area (Å²) in [6.45, 7) is 2.21. The molecule has 1 aliphatic carbocycles. The molecule has 2 aliphatic rings. The van der Waals surface area contributed by atoms with Gasteiger partial charge in [0, 0.05) is 11.6 Å². The Morgan fingerprint density at radius 2 is 1.91 bits per heavy atom. The number of nitrogens with two attached hydrogens (primary N) is 1. The van der Waals surface area contributed by atoms with Crippen LogP contribution in [0.3, 0.4) is 0 Å². The first-order valence-electron chi connectivity index (χ1n) is 11.7. The fourth-order valence-electron chi connectivity index (χ4n) is 4.88. The standard InChI is InChI=1S/C27H29FN2O3/c1-2-3-4-17-5-7-19(8-6-17)27(31)32-21-13-14-22-24(15-21)33-26(30)23(16-29)25(22)18-9-11-20(28)12-10-18/h9-15,17,19,25H,2-8,30H2,1H3. The molecule has 5 nitrogen and oxygen atoms in total. The summed E-state index contributed by atoms with van der Waals surface area (Å²) in [5.41, 5.74) is 7.73. The minimum absolute atomic E-state index is 0.00629. The van der Waals surface area contributed by atoms with E-state index < -0.39 is 5.92 Å². The van der Waals surface area contributed by atoms with E-state index in [0.29, 0.717) is 17.1 Å². The van der Waals surface area contributed by atoms with E-state index in [9.17, 15) is 14.4 Å². The lowest BCUT2D eigenvalue weighted by Gasteiger charge is -2.28. The third-order valence-corrected chi connectivity index (χ3v) is 6.76. The summed E-state index contributed by atoms with van der Waals surface area (Å²) in [6.07, 6.45) is 7.58. The number of rotatable bonds is 6. The van der Waals surface area contributed by atoms with Crippen molar-refractivity contribution in [2.75, 3.05) is 0 Å². The summed E-state index contributed by atoms with van der Waals surface area (Å²) < 4.78 is 24.8. The molecule has 2 aromatic carbocycles. The van der Waals surface area contributed by atoms with Crippen LogP contribution in [0.5, 0.6) is 11.5 Å². The number of halogens is 1. The number of carbonyl (C=O) groups is 1. The van der Waals surface area contributed by atoms with Crippen LogP contribution in [0, 0.1) is 29.0 Å². The SMILES string of the molecule is CCCCC1CCC(C(=O)Oc2ccc3c(c2)OC(N)=C(C#N)C3c2ccc(F)cc2)CC1. The van der Waals surface area contributed by atoms with Crippen LogP contribution in [0.15, 0.2) is 53.9 Å². The van der Waals surface area contributed by atoms with E-state index in [4.69, 9.17) is 15.2 Å². The number of carbonyl (C=O) groups excluding carboxylic acids is 1. The number of allylic oxidation sites excluding steroid dienone is 1. The summed E-state index contributed by atoms with van der Waals surface area (Å²) >= 11 is 0. The highest BCUT2D eigenvalue weighted by Gasteiger charge is 2.32. The Hall–Kier alpha value is -3.33. The van der Waals surface area contributed by atoms with Gasteiger partial charge in [-0.25, -0.2) is 4.39 Å². The van der Waals surface area contributed by atoms with Crippen LogP contribution >= 0.6 is 0 Å². The molecule has 2 aromatic rings. The van der Waals surface area contributed by atoms with Crippen LogP contribution in [-0.2, 0) is 4.79 Å². The third-order valence-electron chi connectivity index (χ3n) is 6.76. The molecule has 0 spiro atoms. The zero-order valence-electron chi connectivity index (χ0n) is 18.9. The highest BCUT2D eigenvalue weighted by molar-refractivity contribution is 5.75. The van der Waals surface area contributed by atoms with Crippen LogP contribution in [0.2, 0.25) is 0 Å². The normalized spacial score (nSPS) is 22.2. The summed E-state index contributed by atoms with van der Waals surface area (Å²) in [5.74, 6) is 0.391. The zero-order valence-corrected chi connectivity index (χ0v) is 18.9. The third kappa shape index (κ3) is 5.03. The number of fused-ring (bicyclic) bond motifs is 1. The molecule has 4 rings (SSSR count). The number of nitrogens with zero attached hydrogens (tertiary/aromatic N) is 1. The Morgan fingerprint density at radius 1 is 1.18 bits per heavy atom. The van der Waals surface area contributed by atoms with Gasteiger partial charge in [-0.2, -0.15) is 5.26 Å². The molecule has 0 aromatic heterocycles. The Kier molecular flexibility index (Phi) is 6.98. The van der Waals surface area contributed by atoms with Crippen molar-refractivity contribution < 1.29 is 18.7 Å². The average Bonchev–Trinajstić information content (AvgIpc) is 2.82. The van der Waals surface area contributed by atoms with Gasteiger partial charge in [-0.3, -0.25) is 4.79 Å². The first-order chi connectivity index (χ1) is 16.0. The van der Waals surface area contributed by atoms with Crippen molar-refractivity contribution in [2.45, 2.75) is 57.8 Å². The van der Waals surface area contributed by atoms with Gasteiger partial charge < -0.3 is 15.2 Å². The highest BCUT2D eigenvalue weighted by Crippen LogP contribution is 2.43. The van der Waals surface area contributed by atoms with Gasteiger partial charge in [0.05, 0.1) is 11.8 Å². The second-order valence-electron chi connectivity index (χ2n) is 8.96. The van der Waals surface area contributed by atoms with Crippen molar-refractivity contribution in [1.82, 2.24) is 0 Å². The first kappa shape index (κ1) is 22.8. The van der Waals surface area contributed by atoms with Crippen LogP contribution in [0.25, 0.3) is 0 Å². The van der Waals surface area contributed by atoms with Crippen LogP contribution < -0.4 is 15.2 Å². The number of ether oxygens (including phenoxy) is 2. The molecular formula is C27H29FN2O3. The second kappa shape index (κ2) is 10.1. The lowest BCUT2D eigenvalue weighted by molar-refractivity contribution is -0.140. The maximum atomic E-state index is 13.4. The average molecular weight is 449 g/mol. The van der Waals surface area contributed by atoms with Gasteiger partial charge in [0.1, 0.15) is 29.0 Å². The van der Waals surface area contributed by atoms with E-state index >= 15 is 0 Å². The van der Waals surface area contributed by atoms with E-state index in [2.05, 4.69) is 13.0 Å². The molecule has 1 aliphatic heterocycles. The Balaban J connectivity index is 1.50. The van der Waals surface area contributed by atoms with Crippen LogP contribution in [-0.4, -0.2) is 5.97 Å². The lowest BCUT2D eigenvalue weighted by atomic mass is 9.80. The van der Waals surface area contributed by atoms with Crippen molar-refractivity contribution in [2.24, 2.45) is 17.6 Å². The van der Waals surface area contributed by atoms with Crippen LogP contribution in [0.4, 0.5) is 4.39 Å². The maximum Gasteiger partial charge on any atom is 0.314 e. The fourth-order valence-corrected chi connectivity index (χ4v) is 4.88. The van der Waals surface area contributed by atoms with Crippen LogP contribution in [0.1, 0.15) is 68.9 Å². The Labute approximate surface area is 194 Å². The number of esters is 1. The molecule has 2 N–H and O–H groups in total. The van der Waals surface area contributed by atoms with Gasteiger partial charge in [-0.1, -0.05) is 44.4 Å². The fraction of sp³-hybridized carbons (Fsp3) is 0.407. The van der Waals surface area contributed by atoms with Crippen molar-refractivity contribution >= 4 is 5.97 Å². The summed E-state index contributed by atoms with van der Waals surface area (Å²) in [6, 6.07) is 13.2. The van der Waals surface area contributed by atoms with Crippen molar-refractivity contribution in [3.05, 3.63) is 70.9 Å². The van der Waals surface area contributed by atoms with E-state index in [-0.39, 0.29) is 29.2 Å². The maximum absolute atomic E-state index is 13.4. The zero-order chi connectivity index (χ0) is 23.4. The molecule has 0 saturated heterocycles. The summed E-state index contributed by atoms with van der Waals surface area (Å²) in [7, 11) is 0. The van der Waals surface area contributed by atoms with Gasteiger partial charge in [-0.05, 0) is 55.4 Å². The van der Waals surface area contributed by atoms with Crippen molar-refractivity contribution in [3.63, 3.8) is 0 Å². The van der Waals surface area contributed by atoms with Gasteiger partial charge in [0.15, 0.2) is 0 Å². The molecular weight excluding hydrogens is 419 g/mol. The minimum Gasteiger partial charge on any atom is -0.440 e. The smallest absolute Gasteiger partial charge is 0.314 e. The molecule has 172 valence electrons. The van der Waals surface area contributed by atoms with Crippen molar-refractivity contribution in [1.29, 1.82) is 5.26 Å². The predicted molar refractivity (Wildman–Crippen MR) is 123 cm³/mol. The Bertz CT molecular complexity index is 1080. The van der Waals surface area contributed by atoms with Gasteiger partial charge >= 0.3 is 5.97 Å². The number of benzene rings is 2. The van der Waals surface area contributed by atoms with E-state index in [1.807, 2.05) is 0 Å². The van der Waals surface area contributed by atoms with E-state index in [0.717, 1.165) is 37.2 Å². The molecule has 1 unspecified atom stereocenters. The molecule has 1 fully saturated rings. The minimum atomic E-state index is -0.484. The number of hydrogen-bond donors (Lipinski definition) is 1. The number of unbranched alkanes of at least 4 members (excludes halogenated alkanes) is 1. The highest BCUT2D eigenvalue weighted by atomic mass is 19.1. The molecule has 0 bridgehead atoms. The van der Waals surface area contributed by atoms with Gasteiger partial charge in [-0.15, -0.1) is 0 Å². The molecule has 1 atom stereocenters. The largest absolute Gasteiger partial charge is 0.440 e. The monoisotopic (exact) mass is 448 g/mol. The summed E-state index contributed by atoms with van der Waals surface area (Å²) in [5, 5.41) is 9.65. The number of nitriles is 1. The molecule has 0 amide bonds. The first-order valence-corrected chi connectivity index (χ1v) is 11.7. The molecule has 6 heteroatoms. The molecule has 1 heterocycles. The topological polar surface area (TPSA) is 85.3 Å². The summed E-state index contributed by atoms with van der Waals surface area (Å²) in [4.78, 5) is 12.8. The predicted octanol–water partition coefficient (Wildman–Crippen LogP) is 5.95. The van der Waals surface area contributed by atoms with Crippen molar-refractivity contribution in [3.8, 4) is 17.6 Å². The quantitative estimate of drug-likeness (QED) is 0.436. The molecule has 33 heavy (non-hydrogen) atoms. The van der Waals surface area contributed by atoms with E-state index in [1.165, 1.54) is 31.4 Å². The number of hydrogen-bond acceptors (Lipinski definition) is 5. The lowest BCUT2D eigenvalue weighted by Crippen LogP contribution is -2.26. The van der Waals surface area contributed by atoms with Gasteiger partial charge in [0.25, 0.3) is 0 Å². The van der Waals surface area contributed by atoms with Gasteiger partial charge in [0.2, 0.25) is 5.88 Å². The molecule has 1 saturated carbocycles. The molecule has 0 radical (unpaired) electrons. The van der Waals surface area contributed by atoms with E-state index in [1.54, 1.807) is 30.3 Å². The second-order valence-corrected chi connectivity index (χ2v) is 8.96.